The second-order valence-electron chi connectivity index (χ2n) is 13.4. The Bertz CT molecular complexity index is 1510. The molecule has 3 N–H and O–H groups in total. The molecule has 0 unspecified atom stereocenters. The number of phenols is 1. The van der Waals surface area contributed by atoms with Gasteiger partial charge in [-0.3, -0.25) is 14.5 Å². The number of nitrogens with zero attached hydrogens (tertiary/aromatic N) is 4. The number of carboxylic acid groups (broad SMARTS) is 1. The highest BCUT2D eigenvalue weighted by Crippen LogP contribution is 2.28. The van der Waals surface area contributed by atoms with Crippen LogP contribution in [0.15, 0.2) is 42.5 Å². The van der Waals surface area contributed by atoms with E-state index >= 15 is 0 Å². The number of fused-ring (bicyclic) bond motifs is 1. The van der Waals surface area contributed by atoms with Crippen LogP contribution >= 0.6 is 0 Å². The van der Waals surface area contributed by atoms with Crippen molar-refractivity contribution in [1.29, 1.82) is 0 Å². The average molecular weight is 658 g/mol. The van der Waals surface area contributed by atoms with Gasteiger partial charge in [-0.15, -0.1) is 0 Å². The minimum absolute atomic E-state index is 0.0253. The number of rotatable bonds is 7. The maximum absolute atomic E-state index is 13.9. The van der Waals surface area contributed by atoms with Crippen molar-refractivity contribution in [2.24, 2.45) is 0 Å². The molecule has 0 aliphatic carbocycles. The van der Waals surface area contributed by atoms with Gasteiger partial charge in [-0.2, -0.15) is 0 Å². The fraction of sp³-hybridized carbons (Fsp3) is 0.543. The fourth-order valence-corrected chi connectivity index (χ4v) is 7.70. The number of benzene rings is 2. The van der Waals surface area contributed by atoms with Gasteiger partial charge in [0.25, 0.3) is 5.91 Å². The molecule has 0 aromatic heterocycles. The number of hydrogen-bond donors (Lipinski definition) is 3. The first-order valence-corrected chi connectivity index (χ1v) is 17.1. The van der Waals surface area contributed by atoms with E-state index in [2.05, 4.69) is 10.2 Å². The van der Waals surface area contributed by atoms with E-state index in [1.807, 2.05) is 29.2 Å². The molecule has 0 saturated carbocycles. The Hall–Kier alpha value is -4.26. The number of carboxylic acids is 1. The Balaban J connectivity index is 1.08. The molecule has 2 radical (unpaired) electrons. The molecule has 2 aromatic carbocycles. The van der Waals surface area contributed by atoms with Crippen molar-refractivity contribution in [2.45, 2.75) is 82.0 Å². The number of amides is 4. The van der Waals surface area contributed by atoms with Gasteiger partial charge in [0.15, 0.2) is 6.10 Å². The first-order chi connectivity index (χ1) is 23.2. The van der Waals surface area contributed by atoms with Crippen molar-refractivity contribution in [2.75, 3.05) is 44.6 Å². The average Bonchev–Trinajstić information content (AvgIpc) is 3.27. The van der Waals surface area contributed by atoms with Crippen LogP contribution in [0.3, 0.4) is 0 Å². The van der Waals surface area contributed by atoms with Gasteiger partial charge in [-0.05, 0) is 74.8 Å². The van der Waals surface area contributed by atoms with Gasteiger partial charge in [0.2, 0.25) is 0 Å². The van der Waals surface area contributed by atoms with Crippen LogP contribution in [0.5, 0.6) is 5.75 Å². The fourth-order valence-electron chi connectivity index (χ4n) is 7.70. The largest absolute Gasteiger partial charge is 0.509 e. The molecule has 0 spiro atoms. The minimum atomic E-state index is -1.10. The lowest BCUT2D eigenvalue weighted by atomic mass is 9.91. The summed E-state index contributed by atoms with van der Waals surface area (Å²) in [7, 11) is 5.93. The third-order valence-electron chi connectivity index (χ3n) is 10.4. The van der Waals surface area contributed by atoms with Gasteiger partial charge in [-0.1, -0.05) is 42.2 Å². The highest BCUT2D eigenvalue weighted by molar-refractivity contribution is 6.34. The summed E-state index contributed by atoms with van der Waals surface area (Å²) in [4.78, 5) is 59.7. The van der Waals surface area contributed by atoms with Crippen molar-refractivity contribution in [3.8, 4) is 5.75 Å². The van der Waals surface area contributed by atoms with Crippen LogP contribution in [-0.4, -0.2) is 125 Å². The maximum atomic E-state index is 13.9. The molecule has 12 nitrogen and oxygen atoms in total. The van der Waals surface area contributed by atoms with E-state index in [-0.39, 0.29) is 41.7 Å². The van der Waals surface area contributed by atoms with E-state index in [9.17, 15) is 29.4 Å². The second kappa shape index (κ2) is 14.9. The number of anilines is 1. The smallest absolute Gasteiger partial charge is 0.410 e. The number of piperidine rings is 3. The third-order valence-corrected chi connectivity index (χ3v) is 10.4. The van der Waals surface area contributed by atoms with Gasteiger partial charge in [0, 0.05) is 56.9 Å². The van der Waals surface area contributed by atoms with Crippen molar-refractivity contribution < 1.29 is 34.1 Å². The summed E-state index contributed by atoms with van der Waals surface area (Å²) in [5.74, 6) is -1.17. The lowest BCUT2D eigenvalue weighted by molar-refractivity contribution is -0.148. The predicted molar refractivity (Wildman–Crippen MR) is 180 cm³/mol. The molecule has 4 aliphatic rings. The van der Waals surface area contributed by atoms with E-state index in [1.165, 1.54) is 6.07 Å². The lowest BCUT2D eigenvalue weighted by Gasteiger charge is -2.43. The van der Waals surface area contributed by atoms with Crippen LogP contribution in [0.25, 0.3) is 0 Å². The number of aromatic hydroxyl groups is 1. The molecule has 4 heterocycles. The van der Waals surface area contributed by atoms with Crippen LogP contribution in [0.1, 0.15) is 56.1 Å². The van der Waals surface area contributed by atoms with Gasteiger partial charge in [-0.25, -0.2) is 9.59 Å². The van der Waals surface area contributed by atoms with Crippen molar-refractivity contribution >= 4 is 43.0 Å². The Morgan fingerprint density at radius 3 is 2.33 bits per heavy atom. The molecule has 254 valence electrons. The molecule has 0 bridgehead atoms. The van der Waals surface area contributed by atoms with Crippen molar-refractivity contribution in [3.05, 3.63) is 53.6 Å². The highest BCUT2D eigenvalue weighted by Gasteiger charge is 2.38. The number of carbonyl (C=O) groups is 4. The number of likely N-dealkylation sites (tertiary alicyclic amines) is 3. The summed E-state index contributed by atoms with van der Waals surface area (Å²) < 4.78 is 5.95. The molecule has 2 aromatic rings. The SMILES string of the molecule is [B]c1cc(C[C@@H](OC(=O)N2CCC(N3CCc4ccccc4NC3=O)CC2)C(=O)N2CCC(N3CCCC[C@H]3C(=O)O)CC2)ccc1O. The molecule has 4 amide bonds. The van der Waals surface area contributed by atoms with Crippen LogP contribution < -0.4 is 10.8 Å². The zero-order valence-corrected chi connectivity index (χ0v) is 27.3. The number of hydrogen-bond acceptors (Lipinski definition) is 7. The summed E-state index contributed by atoms with van der Waals surface area (Å²) >= 11 is 0. The first kappa shape index (κ1) is 33.6. The monoisotopic (exact) mass is 657 g/mol. The van der Waals surface area contributed by atoms with E-state index in [1.54, 1.807) is 21.9 Å². The lowest BCUT2D eigenvalue weighted by Crippen LogP contribution is -2.55. The molecule has 3 saturated heterocycles. The van der Waals surface area contributed by atoms with Gasteiger partial charge < -0.3 is 35.0 Å². The van der Waals surface area contributed by atoms with E-state index in [4.69, 9.17) is 12.6 Å². The number of aliphatic carboxylic acids is 1. The molecular formula is C35H44BN5O7. The first-order valence-electron chi connectivity index (χ1n) is 17.1. The second-order valence-corrected chi connectivity index (χ2v) is 13.4. The van der Waals surface area contributed by atoms with Crippen LogP contribution in [-0.2, 0) is 27.2 Å². The number of nitrogens with one attached hydrogen (secondary N) is 1. The van der Waals surface area contributed by atoms with E-state index < -0.39 is 24.2 Å². The third kappa shape index (κ3) is 7.56. The van der Waals surface area contributed by atoms with Gasteiger partial charge in [0.05, 0.1) is 0 Å². The highest BCUT2D eigenvalue weighted by atomic mass is 16.6. The number of carbonyl (C=O) groups excluding carboxylic acids is 3. The van der Waals surface area contributed by atoms with Crippen molar-refractivity contribution in [1.82, 2.24) is 19.6 Å². The number of phenolic OH excluding ortho intramolecular Hbond substituents is 1. The standard InChI is InChI=1S/C35H44BN5O7/c36-27-21-23(8-9-30(27)42)22-31(32(43)38-16-11-25(12-17-38)40-15-4-3-7-29(40)33(44)45)48-35(47)39-18-13-26(14-19-39)41-20-10-24-5-1-2-6-28(24)37-34(41)46/h1-2,5-6,8-9,21,25-26,29,31,42H,3-4,7,10-20,22H2,(H,37,46)(H,44,45)/t29-,31+/m0/s1. The van der Waals surface area contributed by atoms with Crippen LogP contribution in [0, 0.1) is 0 Å². The molecule has 4 aliphatic heterocycles. The molecular weight excluding hydrogens is 613 g/mol. The van der Waals surface area contributed by atoms with E-state index in [0.29, 0.717) is 70.4 Å². The zero-order valence-electron chi connectivity index (χ0n) is 27.3. The molecule has 2 atom stereocenters. The van der Waals surface area contributed by atoms with Gasteiger partial charge in [0.1, 0.15) is 19.6 Å². The Morgan fingerprint density at radius 2 is 1.60 bits per heavy atom. The van der Waals surface area contributed by atoms with Crippen LogP contribution in [0.4, 0.5) is 15.3 Å². The number of ether oxygens (including phenoxy) is 1. The summed E-state index contributed by atoms with van der Waals surface area (Å²) in [5, 5.41) is 22.7. The molecule has 6 rings (SSSR count). The molecule has 48 heavy (non-hydrogen) atoms. The van der Waals surface area contributed by atoms with Gasteiger partial charge >= 0.3 is 18.1 Å². The Labute approximate surface area is 282 Å². The van der Waals surface area contributed by atoms with Crippen LogP contribution in [0.2, 0.25) is 0 Å². The Morgan fingerprint density at radius 1 is 0.896 bits per heavy atom. The van der Waals surface area contributed by atoms with Crippen molar-refractivity contribution in [3.63, 3.8) is 0 Å². The quantitative estimate of drug-likeness (QED) is 0.386. The normalized spacial score (nSPS) is 22.0. The summed E-state index contributed by atoms with van der Waals surface area (Å²) in [6, 6.07) is 11.9. The maximum Gasteiger partial charge on any atom is 0.410 e. The molecule has 13 heteroatoms. The molecule has 3 fully saturated rings. The minimum Gasteiger partial charge on any atom is -0.509 e. The summed E-state index contributed by atoms with van der Waals surface area (Å²) in [6.07, 6.45) is 4.12. The summed E-state index contributed by atoms with van der Waals surface area (Å²) in [6.45, 7) is 2.98. The zero-order chi connectivity index (χ0) is 33.8. The predicted octanol–water partition coefficient (Wildman–Crippen LogP) is 2.72. The topological polar surface area (TPSA) is 143 Å². The summed E-state index contributed by atoms with van der Waals surface area (Å²) in [5.41, 5.74) is 2.75. The van der Waals surface area contributed by atoms with E-state index in [0.717, 1.165) is 37.1 Å². The number of para-hydroxylation sites is 1. The number of urea groups is 1. The Kier molecular flexibility index (Phi) is 10.4.